The number of rotatable bonds is 4. The van der Waals surface area contributed by atoms with Gasteiger partial charge in [0.2, 0.25) is 0 Å². The van der Waals surface area contributed by atoms with Crippen molar-refractivity contribution in [3.8, 4) is 11.1 Å². The molecule has 2 nitrogen and oxygen atoms in total. The number of hydrogen-bond acceptors (Lipinski definition) is 3. The minimum absolute atomic E-state index is 1.12. The van der Waals surface area contributed by atoms with E-state index in [1.165, 1.54) is 69.3 Å². The van der Waals surface area contributed by atoms with Gasteiger partial charge >= 0.3 is 0 Å². The summed E-state index contributed by atoms with van der Waals surface area (Å²) in [6.45, 7) is 0. The first-order valence-corrected chi connectivity index (χ1v) is 15.7. The van der Waals surface area contributed by atoms with Crippen LogP contribution in [0.1, 0.15) is 0 Å². The highest BCUT2D eigenvalue weighted by Crippen LogP contribution is 2.45. The second-order valence-electron chi connectivity index (χ2n) is 11.2. The van der Waals surface area contributed by atoms with E-state index in [4.69, 9.17) is 0 Å². The molecule has 3 heteroatoms. The molecule has 0 bridgehead atoms. The third-order valence-electron chi connectivity index (χ3n) is 8.74. The minimum atomic E-state index is 1.12. The van der Waals surface area contributed by atoms with Crippen molar-refractivity contribution in [2.45, 2.75) is 0 Å². The summed E-state index contributed by atoms with van der Waals surface area (Å²) in [6, 6.07) is 52.9. The molecule has 206 valence electrons. The van der Waals surface area contributed by atoms with E-state index in [2.05, 4.69) is 155 Å². The van der Waals surface area contributed by atoms with Crippen LogP contribution >= 0.6 is 11.3 Å². The lowest BCUT2D eigenvalue weighted by molar-refractivity contribution is 1.31. The molecule has 7 aromatic carbocycles. The normalized spacial score (nSPS) is 11.6. The molecule has 2 aromatic heterocycles. The molecule has 9 rings (SSSR count). The van der Waals surface area contributed by atoms with Gasteiger partial charge in [-0.15, -0.1) is 11.3 Å². The van der Waals surface area contributed by atoms with Gasteiger partial charge in [-0.05, 0) is 79.8 Å². The van der Waals surface area contributed by atoms with Gasteiger partial charge in [-0.2, -0.15) is 0 Å². The SMILES string of the molecule is c1ccc(-c2ccc(N(c3ccc4ccc5c6ccccc6ccc5c4c3)c3cccc4c3sc3cnccc34)cc2)cc1. The Morgan fingerprint density at radius 1 is 0.455 bits per heavy atom. The van der Waals surface area contributed by atoms with Crippen molar-refractivity contribution in [2.75, 3.05) is 4.90 Å². The number of pyridine rings is 1. The van der Waals surface area contributed by atoms with Crippen LogP contribution in [0.25, 0.3) is 63.6 Å². The van der Waals surface area contributed by atoms with Gasteiger partial charge in [0.25, 0.3) is 0 Å². The molecule has 9 aromatic rings. The van der Waals surface area contributed by atoms with Crippen LogP contribution < -0.4 is 4.90 Å². The van der Waals surface area contributed by atoms with Crippen LogP contribution in [-0.2, 0) is 0 Å². The summed E-state index contributed by atoms with van der Waals surface area (Å²) in [6.07, 6.45) is 3.87. The van der Waals surface area contributed by atoms with Crippen molar-refractivity contribution in [1.82, 2.24) is 4.98 Å². The van der Waals surface area contributed by atoms with Gasteiger partial charge in [-0.3, -0.25) is 4.98 Å². The Balaban J connectivity index is 1.29. The topological polar surface area (TPSA) is 16.1 Å². The molecule has 0 fully saturated rings. The fourth-order valence-electron chi connectivity index (χ4n) is 6.62. The molecule has 0 amide bonds. The Morgan fingerprint density at radius 2 is 1.14 bits per heavy atom. The molecular weight excluding hydrogens is 553 g/mol. The Bertz CT molecular complexity index is 2490. The molecule has 0 aliphatic carbocycles. The summed E-state index contributed by atoms with van der Waals surface area (Å²) in [5.74, 6) is 0. The zero-order valence-electron chi connectivity index (χ0n) is 23.8. The van der Waals surface area contributed by atoms with Gasteiger partial charge in [0, 0.05) is 34.5 Å². The Morgan fingerprint density at radius 3 is 2.00 bits per heavy atom. The van der Waals surface area contributed by atoms with Crippen LogP contribution in [0, 0.1) is 0 Å². The molecule has 0 N–H and O–H groups in total. The van der Waals surface area contributed by atoms with E-state index in [1.54, 1.807) is 0 Å². The number of benzene rings is 7. The summed E-state index contributed by atoms with van der Waals surface area (Å²) in [7, 11) is 0. The molecular formula is C41H26N2S. The van der Waals surface area contributed by atoms with Crippen LogP contribution in [0.2, 0.25) is 0 Å². The van der Waals surface area contributed by atoms with Crippen LogP contribution in [0.5, 0.6) is 0 Å². The molecule has 0 saturated heterocycles. The van der Waals surface area contributed by atoms with Crippen molar-refractivity contribution >= 4 is 80.9 Å². The lowest BCUT2D eigenvalue weighted by Gasteiger charge is -2.27. The Kier molecular flexibility index (Phi) is 5.71. The van der Waals surface area contributed by atoms with Crippen molar-refractivity contribution < 1.29 is 0 Å². The van der Waals surface area contributed by atoms with Crippen molar-refractivity contribution in [3.63, 3.8) is 0 Å². The standard InChI is InChI=1S/C41H26N2S/c1-2-7-27(8-3-1)28-13-18-31(19-14-28)43(39-12-6-11-37-36-23-24-42-26-40(36)44-41(37)39)32-20-15-30-17-21-34-33-10-5-4-9-29(33)16-22-35(34)38(30)25-32/h1-26H. The summed E-state index contributed by atoms with van der Waals surface area (Å²) < 4.78 is 2.46. The van der Waals surface area contributed by atoms with Gasteiger partial charge in [-0.1, -0.05) is 109 Å². The lowest BCUT2D eigenvalue weighted by atomic mass is 9.96. The summed E-state index contributed by atoms with van der Waals surface area (Å²) in [4.78, 5) is 6.83. The minimum Gasteiger partial charge on any atom is -0.309 e. The third kappa shape index (κ3) is 3.98. The van der Waals surface area contributed by atoms with Crippen LogP contribution in [-0.4, -0.2) is 4.98 Å². The fourth-order valence-corrected chi connectivity index (χ4v) is 7.79. The van der Waals surface area contributed by atoms with Crippen LogP contribution in [0.4, 0.5) is 17.1 Å². The monoisotopic (exact) mass is 578 g/mol. The largest absolute Gasteiger partial charge is 0.309 e. The van der Waals surface area contributed by atoms with E-state index >= 15 is 0 Å². The average Bonchev–Trinajstić information content (AvgIpc) is 3.48. The molecule has 2 heterocycles. The van der Waals surface area contributed by atoms with E-state index in [1.807, 2.05) is 23.7 Å². The number of hydrogen-bond donors (Lipinski definition) is 0. The van der Waals surface area contributed by atoms with E-state index in [0.29, 0.717) is 0 Å². The predicted octanol–water partition coefficient (Wildman–Crippen LogP) is 12.0. The van der Waals surface area contributed by atoms with Gasteiger partial charge in [0.15, 0.2) is 0 Å². The molecule has 0 spiro atoms. The molecule has 0 saturated carbocycles. The zero-order valence-corrected chi connectivity index (χ0v) is 24.6. The quantitative estimate of drug-likeness (QED) is 0.193. The number of nitrogens with zero attached hydrogens (tertiary/aromatic N) is 2. The molecule has 0 atom stereocenters. The Labute approximate surface area is 259 Å². The highest BCUT2D eigenvalue weighted by atomic mass is 32.1. The average molecular weight is 579 g/mol. The first-order valence-electron chi connectivity index (χ1n) is 14.9. The number of anilines is 3. The highest BCUT2D eigenvalue weighted by Gasteiger charge is 2.19. The number of thiophene rings is 1. The zero-order chi connectivity index (χ0) is 29.0. The second kappa shape index (κ2) is 10.0. The molecule has 0 aliphatic rings. The fraction of sp³-hybridized carbons (Fsp3) is 0. The number of aromatic nitrogens is 1. The van der Waals surface area contributed by atoms with Gasteiger partial charge in [-0.25, -0.2) is 0 Å². The van der Waals surface area contributed by atoms with E-state index in [0.717, 1.165) is 11.4 Å². The summed E-state index contributed by atoms with van der Waals surface area (Å²) in [5, 5.41) is 10.1. The van der Waals surface area contributed by atoms with Crippen molar-refractivity contribution in [2.24, 2.45) is 0 Å². The van der Waals surface area contributed by atoms with E-state index < -0.39 is 0 Å². The highest BCUT2D eigenvalue weighted by molar-refractivity contribution is 7.26. The van der Waals surface area contributed by atoms with Gasteiger partial charge < -0.3 is 4.90 Å². The molecule has 0 unspecified atom stereocenters. The summed E-state index contributed by atoms with van der Waals surface area (Å²) in [5.41, 5.74) is 5.85. The van der Waals surface area contributed by atoms with E-state index in [9.17, 15) is 0 Å². The maximum absolute atomic E-state index is 4.42. The maximum Gasteiger partial charge on any atom is 0.0640 e. The molecule has 0 radical (unpaired) electrons. The predicted molar refractivity (Wildman–Crippen MR) is 190 cm³/mol. The van der Waals surface area contributed by atoms with Gasteiger partial charge in [0.1, 0.15) is 0 Å². The third-order valence-corrected chi connectivity index (χ3v) is 9.92. The first-order chi connectivity index (χ1) is 21.8. The van der Waals surface area contributed by atoms with Crippen molar-refractivity contribution in [1.29, 1.82) is 0 Å². The van der Waals surface area contributed by atoms with Gasteiger partial charge in [0.05, 0.1) is 15.1 Å². The maximum atomic E-state index is 4.42. The molecule has 0 aliphatic heterocycles. The van der Waals surface area contributed by atoms with Crippen LogP contribution in [0.3, 0.4) is 0 Å². The van der Waals surface area contributed by atoms with Crippen LogP contribution in [0.15, 0.2) is 158 Å². The number of fused-ring (bicyclic) bond motifs is 8. The second-order valence-corrected chi connectivity index (χ2v) is 12.3. The molecule has 44 heavy (non-hydrogen) atoms. The smallest absolute Gasteiger partial charge is 0.0640 e. The van der Waals surface area contributed by atoms with E-state index in [-0.39, 0.29) is 0 Å². The first kappa shape index (κ1) is 25.0. The Hall–Kier alpha value is -5.51. The van der Waals surface area contributed by atoms with Crippen molar-refractivity contribution in [3.05, 3.63) is 158 Å². The summed E-state index contributed by atoms with van der Waals surface area (Å²) >= 11 is 1.81. The lowest BCUT2D eigenvalue weighted by Crippen LogP contribution is -2.10.